The number of aromatic hydroxyl groups is 2. The summed E-state index contributed by atoms with van der Waals surface area (Å²) in [4.78, 5) is 34.2. The monoisotopic (exact) mass is 989 g/mol. The van der Waals surface area contributed by atoms with Crippen LogP contribution in [0, 0.1) is 29.7 Å². The van der Waals surface area contributed by atoms with Crippen molar-refractivity contribution < 1.29 is 29.3 Å². The summed E-state index contributed by atoms with van der Waals surface area (Å²) in [6.07, 6.45) is 20.0. The Morgan fingerprint density at radius 3 is 1.46 bits per heavy atom. The molecule has 9 rings (SSSR count). The summed E-state index contributed by atoms with van der Waals surface area (Å²) >= 11 is 0. The van der Waals surface area contributed by atoms with Gasteiger partial charge < -0.3 is 30.3 Å². The van der Waals surface area contributed by atoms with E-state index in [2.05, 4.69) is 66.6 Å². The number of hydrogen-bond donors (Lipinski definition) is 4. The van der Waals surface area contributed by atoms with Crippen LogP contribution in [0.5, 0.6) is 34.5 Å². The molecule has 2 saturated carbocycles. The van der Waals surface area contributed by atoms with Gasteiger partial charge in [0.25, 0.3) is 0 Å². The Kier molecular flexibility index (Phi) is 16.3. The predicted octanol–water partition coefficient (Wildman–Crippen LogP) is 17.6. The highest BCUT2D eigenvalue weighted by atomic mass is 16.5. The molecule has 4 N–H and O–H groups in total. The Morgan fingerprint density at radius 1 is 0.581 bits per heavy atom. The van der Waals surface area contributed by atoms with Gasteiger partial charge in [0.05, 0.1) is 51.8 Å². The van der Waals surface area contributed by atoms with Crippen molar-refractivity contribution in [2.75, 3.05) is 10.6 Å². The number of nitrogens with zero attached hydrogens (tertiary/aromatic N) is 2. The first-order valence-corrected chi connectivity index (χ1v) is 27.1. The van der Waals surface area contributed by atoms with E-state index in [1.165, 1.54) is 99.6 Å². The van der Waals surface area contributed by atoms with Gasteiger partial charge in [-0.3, -0.25) is 9.59 Å². The minimum atomic E-state index is -0.753. The second-order valence-electron chi connectivity index (χ2n) is 20.8. The molecule has 0 saturated heterocycles. The zero-order valence-electron chi connectivity index (χ0n) is 43.1. The van der Waals surface area contributed by atoms with E-state index in [4.69, 9.17) is 16.0 Å². The number of anilines is 4. The maximum Gasteiger partial charge on any atom is 0.204 e. The minimum absolute atomic E-state index is 0.0420. The first-order valence-electron chi connectivity index (χ1n) is 27.1. The number of nitrogens with one attached hydrogen (secondary N) is 2. The number of nitriles is 1. The Balaban J connectivity index is 1.09. The van der Waals surface area contributed by atoms with Gasteiger partial charge in [-0.25, -0.2) is 4.85 Å². The summed E-state index contributed by atoms with van der Waals surface area (Å²) in [5, 5.41) is 41.0. The molecule has 3 aliphatic carbocycles. The van der Waals surface area contributed by atoms with E-state index < -0.39 is 23.1 Å². The second kappa shape index (κ2) is 23.5. The molecule has 74 heavy (non-hydrogen) atoms. The topological polar surface area (TPSA) is 145 Å². The normalized spacial score (nSPS) is 18.1. The van der Waals surface area contributed by atoms with Crippen molar-refractivity contribution >= 4 is 40.0 Å². The molecular weight excluding hydrogens is 921 g/mol. The third kappa shape index (κ3) is 11.3. The van der Waals surface area contributed by atoms with Crippen LogP contribution in [-0.2, 0) is 6.42 Å². The van der Waals surface area contributed by atoms with Crippen molar-refractivity contribution in [1.82, 2.24) is 0 Å². The molecule has 0 spiro atoms. The fourth-order valence-electron chi connectivity index (χ4n) is 11.5. The average molecular weight is 989 g/mol. The van der Waals surface area contributed by atoms with E-state index in [1.807, 2.05) is 48.5 Å². The molecule has 0 bridgehead atoms. The highest BCUT2D eigenvalue weighted by molar-refractivity contribution is 6.34. The van der Waals surface area contributed by atoms with Gasteiger partial charge in [0, 0.05) is 23.5 Å². The Bertz CT molecular complexity index is 3060. The molecule has 0 radical (unpaired) electrons. The van der Waals surface area contributed by atoms with Crippen molar-refractivity contribution in [3.8, 4) is 40.6 Å². The highest BCUT2D eigenvalue weighted by Gasteiger charge is 2.41. The molecule has 380 valence electrons. The van der Waals surface area contributed by atoms with Gasteiger partial charge in [-0.05, 0) is 153 Å². The first kappa shape index (κ1) is 51.3. The molecule has 6 aromatic carbocycles. The quantitative estimate of drug-likeness (QED) is 0.0459. The van der Waals surface area contributed by atoms with Crippen molar-refractivity contribution in [3.63, 3.8) is 0 Å². The van der Waals surface area contributed by atoms with Crippen LogP contribution in [0.2, 0.25) is 0 Å². The second-order valence-corrected chi connectivity index (χ2v) is 20.8. The number of fused-ring (bicyclic) bond motifs is 2. The van der Waals surface area contributed by atoms with Gasteiger partial charge in [-0.1, -0.05) is 108 Å². The fraction of sp³-hybridized carbons (Fsp3) is 0.375. The van der Waals surface area contributed by atoms with E-state index in [1.54, 1.807) is 6.07 Å². The summed E-state index contributed by atoms with van der Waals surface area (Å²) in [6, 6.07) is 33.2. The lowest BCUT2D eigenvalue weighted by molar-refractivity contribution is 0.0974. The van der Waals surface area contributed by atoms with E-state index >= 15 is 9.59 Å². The molecule has 6 aromatic rings. The number of carbonyl (C=O) groups excluding carboxylic acids is 2. The van der Waals surface area contributed by atoms with Crippen LogP contribution in [0.3, 0.4) is 0 Å². The molecule has 0 atom stereocenters. The van der Waals surface area contributed by atoms with Crippen molar-refractivity contribution in [1.29, 1.82) is 5.26 Å². The number of ether oxygens (including phenoxy) is 2. The summed E-state index contributed by atoms with van der Waals surface area (Å²) < 4.78 is 12.9. The van der Waals surface area contributed by atoms with E-state index in [9.17, 15) is 15.5 Å². The molecule has 0 unspecified atom stereocenters. The zero-order valence-corrected chi connectivity index (χ0v) is 43.1. The lowest BCUT2D eigenvalue weighted by Gasteiger charge is -2.29. The number of hydrogen-bond acceptors (Lipinski definition) is 9. The van der Waals surface area contributed by atoms with E-state index in [0.29, 0.717) is 34.7 Å². The SMILES string of the molecule is [C-]#[N+]c1ccc(Nc2cc(Oc3ccc(C4CCC(CCCC)CC4)cc3)c(O)c3c2C(=O)c2c(O)c(Oc4ccc(C5CCC(CCCC)CC5)cc4)cc(Nc4ccc(CCCC)cc4)c2C3=O)cc1C#N. The van der Waals surface area contributed by atoms with Gasteiger partial charge in [0.1, 0.15) is 11.5 Å². The number of aryl methyl sites for hydroxylation is 1. The first-order chi connectivity index (χ1) is 36.1. The van der Waals surface area contributed by atoms with Gasteiger partial charge >= 0.3 is 0 Å². The van der Waals surface area contributed by atoms with Gasteiger partial charge in [0.15, 0.2) is 23.0 Å². The van der Waals surface area contributed by atoms with Crippen LogP contribution >= 0.6 is 0 Å². The Labute approximate surface area is 436 Å². The molecule has 0 heterocycles. The molecule has 0 aromatic heterocycles. The number of carbonyl (C=O) groups is 2. The summed E-state index contributed by atoms with van der Waals surface area (Å²) in [6.45, 7) is 14.2. The standard InChI is InChI=1S/C64H68N4O6/c1-5-8-11-40-14-20-43(21-15-40)45-24-31-50(32-25-45)73-55-37-53(67-48-28-18-42(19-29-48)13-10-7-3)57-59(61(55)69)64(72)58-54(68-49-30-35-52(66-4)47(36-49)39-65)38-56(62(70)60(58)63(57)71)74-51-33-26-46(27-34-51)44-22-16-41(17-23-44)12-9-6-2/h18-19,24-38,40-41,43-44,67-70H,5-17,20-23H2,1-3H3. The van der Waals surface area contributed by atoms with Crippen LogP contribution < -0.4 is 20.1 Å². The maximum atomic E-state index is 15.4. The third-order valence-corrected chi connectivity index (χ3v) is 15.8. The third-order valence-electron chi connectivity index (χ3n) is 15.8. The number of rotatable bonds is 19. The molecular formula is C64H68N4O6. The maximum absolute atomic E-state index is 15.4. The zero-order chi connectivity index (χ0) is 51.7. The van der Waals surface area contributed by atoms with Gasteiger partial charge in [-0.15, -0.1) is 0 Å². The van der Waals surface area contributed by atoms with Crippen LogP contribution in [0.1, 0.15) is 189 Å². The summed E-state index contributed by atoms with van der Waals surface area (Å²) in [5.74, 6) is 0.652. The highest BCUT2D eigenvalue weighted by Crippen LogP contribution is 2.51. The van der Waals surface area contributed by atoms with Crippen LogP contribution in [0.4, 0.5) is 28.4 Å². The summed E-state index contributed by atoms with van der Waals surface area (Å²) in [5.41, 5.74) is 4.14. The molecule has 2 fully saturated rings. The lowest BCUT2D eigenvalue weighted by Crippen LogP contribution is -2.24. The van der Waals surface area contributed by atoms with E-state index in [-0.39, 0.29) is 56.4 Å². The number of ketones is 2. The van der Waals surface area contributed by atoms with Crippen molar-refractivity contribution in [3.05, 3.63) is 159 Å². The fourth-order valence-corrected chi connectivity index (χ4v) is 11.5. The van der Waals surface area contributed by atoms with Crippen molar-refractivity contribution in [2.45, 2.75) is 142 Å². The largest absolute Gasteiger partial charge is 0.504 e. The van der Waals surface area contributed by atoms with Crippen LogP contribution in [0.15, 0.2) is 103 Å². The predicted molar refractivity (Wildman–Crippen MR) is 294 cm³/mol. The minimum Gasteiger partial charge on any atom is -0.504 e. The number of benzene rings is 6. The Hall–Kier alpha value is -7.56. The van der Waals surface area contributed by atoms with Crippen LogP contribution in [0.25, 0.3) is 4.85 Å². The summed E-state index contributed by atoms with van der Waals surface area (Å²) in [7, 11) is 0. The molecule has 0 amide bonds. The number of unbranched alkanes of at least 4 members (excludes halogenated alkanes) is 3. The van der Waals surface area contributed by atoms with Gasteiger partial charge in [-0.2, -0.15) is 5.26 Å². The van der Waals surface area contributed by atoms with Crippen molar-refractivity contribution in [2.24, 2.45) is 11.8 Å². The molecule has 3 aliphatic rings. The van der Waals surface area contributed by atoms with E-state index in [0.717, 1.165) is 62.3 Å². The van der Waals surface area contributed by atoms with Crippen LogP contribution in [-0.4, -0.2) is 21.8 Å². The molecule has 10 nitrogen and oxygen atoms in total. The smallest absolute Gasteiger partial charge is 0.204 e. The number of phenolic OH excluding ortho intramolecular Hbond substituents is 2. The number of phenols is 2. The Morgan fingerprint density at radius 2 is 1.03 bits per heavy atom. The molecule has 10 heteroatoms. The van der Waals surface area contributed by atoms with Gasteiger partial charge in [0.2, 0.25) is 17.3 Å². The lowest BCUT2D eigenvalue weighted by atomic mass is 9.77. The molecule has 0 aliphatic heterocycles. The average Bonchev–Trinajstić information content (AvgIpc) is 3.43.